The van der Waals surface area contributed by atoms with Crippen molar-refractivity contribution in [2.24, 2.45) is 0 Å². The van der Waals surface area contributed by atoms with Crippen LogP contribution in [-0.4, -0.2) is 13.9 Å². The Hall–Kier alpha value is -0.900. The molecular weight excluding hydrogens is 236 g/mol. The molecule has 0 bridgehead atoms. The minimum atomic E-state index is 0.306. The molecule has 3 nitrogen and oxygen atoms in total. The summed E-state index contributed by atoms with van der Waals surface area (Å²) in [6.07, 6.45) is 4.53. The van der Waals surface area contributed by atoms with Crippen molar-refractivity contribution in [3.63, 3.8) is 0 Å². The third-order valence-corrected chi connectivity index (χ3v) is 2.59. The third-order valence-electron chi connectivity index (χ3n) is 1.92. The number of methoxy groups -OCH3 is 1. The standard InChI is InChI=1S/C9H9BrO3/c1-11-7-2-3-8-9(4-6(7)10)13-5-12-8/h3-4H,2,5H2,1H3. The van der Waals surface area contributed by atoms with Crippen LogP contribution in [0, 0.1) is 0 Å². The van der Waals surface area contributed by atoms with E-state index in [0.29, 0.717) is 6.79 Å². The molecule has 0 saturated carbocycles. The highest BCUT2D eigenvalue weighted by Crippen LogP contribution is 2.30. The van der Waals surface area contributed by atoms with Crippen LogP contribution in [0.5, 0.6) is 0 Å². The molecule has 0 aromatic heterocycles. The van der Waals surface area contributed by atoms with Gasteiger partial charge in [0.2, 0.25) is 6.79 Å². The summed E-state index contributed by atoms with van der Waals surface area (Å²) in [6.45, 7) is 0.306. The molecule has 4 heteroatoms. The van der Waals surface area contributed by atoms with Crippen molar-refractivity contribution in [2.45, 2.75) is 6.42 Å². The Morgan fingerprint density at radius 1 is 1.38 bits per heavy atom. The van der Waals surface area contributed by atoms with Crippen molar-refractivity contribution < 1.29 is 14.2 Å². The fourth-order valence-electron chi connectivity index (χ4n) is 1.23. The fraction of sp³-hybridized carbons (Fsp3) is 0.333. The number of fused-ring (bicyclic) bond motifs is 1. The second-order valence-corrected chi connectivity index (χ2v) is 3.52. The lowest BCUT2D eigenvalue weighted by Crippen LogP contribution is -1.87. The van der Waals surface area contributed by atoms with Gasteiger partial charge in [0, 0.05) is 12.5 Å². The molecule has 2 rings (SSSR count). The Morgan fingerprint density at radius 2 is 2.15 bits per heavy atom. The van der Waals surface area contributed by atoms with Gasteiger partial charge in [-0.15, -0.1) is 0 Å². The topological polar surface area (TPSA) is 27.7 Å². The summed E-state index contributed by atoms with van der Waals surface area (Å²) in [7, 11) is 1.65. The summed E-state index contributed by atoms with van der Waals surface area (Å²) < 4.78 is 16.6. The maximum absolute atomic E-state index is 5.25. The summed E-state index contributed by atoms with van der Waals surface area (Å²) in [5.41, 5.74) is 0. The molecule has 0 radical (unpaired) electrons. The van der Waals surface area contributed by atoms with Gasteiger partial charge in [0.25, 0.3) is 0 Å². The fourth-order valence-corrected chi connectivity index (χ4v) is 1.76. The first-order chi connectivity index (χ1) is 6.31. The SMILES string of the molecule is COC1=C(Br)C=C2OCOC2=CC1. The van der Waals surface area contributed by atoms with E-state index < -0.39 is 0 Å². The van der Waals surface area contributed by atoms with Crippen LogP contribution in [-0.2, 0) is 14.2 Å². The average molecular weight is 245 g/mol. The van der Waals surface area contributed by atoms with Crippen LogP contribution >= 0.6 is 15.9 Å². The van der Waals surface area contributed by atoms with Gasteiger partial charge in [-0.05, 0) is 22.0 Å². The van der Waals surface area contributed by atoms with Gasteiger partial charge in [-0.1, -0.05) is 0 Å². The molecule has 1 aliphatic heterocycles. The van der Waals surface area contributed by atoms with Gasteiger partial charge in [-0.25, -0.2) is 0 Å². The molecule has 70 valence electrons. The summed E-state index contributed by atoms with van der Waals surface area (Å²) in [6, 6.07) is 0. The maximum Gasteiger partial charge on any atom is 0.231 e. The van der Waals surface area contributed by atoms with Crippen molar-refractivity contribution in [2.75, 3.05) is 13.9 Å². The first kappa shape index (κ1) is 8.69. The smallest absolute Gasteiger partial charge is 0.231 e. The average Bonchev–Trinajstić information content (AvgIpc) is 2.48. The number of rotatable bonds is 1. The van der Waals surface area contributed by atoms with Gasteiger partial charge in [-0.2, -0.15) is 0 Å². The summed E-state index contributed by atoms with van der Waals surface area (Å²) in [5.74, 6) is 2.43. The van der Waals surface area contributed by atoms with Crippen molar-refractivity contribution in [3.05, 3.63) is 33.9 Å². The Labute approximate surface area is 84.8 Å². The summed E-state index contributed by atoms with van der Waals surface area (Å²) in [4.78, 5) is 0. The molecule has 1 heterocycles. The zero-order valence-electron chi connectivity index (χ0n) is 7.17. The van der Waals surface area contributed by atoms with Crippen LogP contribution in [0.1, 0.15) is 6.42 Å². The zero-order valence-corrected chi connectivity index (χ0v) is 8.76. The Morgan fingerprint density at radius 3 is 2.92 bits per heavy atom. The quantitative estimate of drug-likeness (QED) is 0.710. The molecule has 0 aromatic carbocycles. The molecule has 1 fully saturated rings. The minimum absolute atomic E-state index is 0.306. The van der Waals surface area contributed by atoms with E-state index in [4.69, 9.17) is 14.2 Å². The molecule has 0 amide bonds. The predicted molar refractivity (Wildman–Crippen MR) is 50.8 cm³/mol. The normalized spacial score (nSPS) is 20.8. The predicted octanol–water partition coefficient (Wildman–Crippen LogP) is 2.42. The van der Waals surface area contributed by atoms with Gasteiger partial charge in [0.15, 0.2) is 11.5 Å². The number of hydrogen-bond donors (Lipinski definition) is 0. The van der Waals surface area contributed by atoms with Gasteiger partial charge >= 0.3 is 0 Å². The first-order valence-electron chi connectivity index (χ1n) is 3.91. The minimum Gasteiger partial charge on any atom is -0.500 e. The van der Waals surface area contributed by atoms with Crippen LogP contribution < -0.4 is 0 Å². The van der Waals surface area contributed by atoms with E-state index in [1.807, 2.05) is 12.2 Å². The molecular formula is C9H9BrO3. The van der Waals surface area contributed by atoms with Crippen LogP contribution in [0.25, 0.3) is 0 Å². The molecule has 2 aliphatic rings. The van der Waals surface area contributed by atoms with Crippen LogP contribution in [0.2, 0.25) is 0 Å². The van der Waals surface area contributed by atoms with Crippen LogP contribution in [0.3, 0.4) is 0 Å². The summed E-state index contributed by atoms with van der Waals surface area (Å²) in [5, 5.41) is 0. The highest BCUT2D eigenvalue weighted by atomic mass is 79.9. The first-order valence-corrected chi connectivity index (χ1v) is 4.71. The van der Waals surface area contributed by atoms with Crippen molar-refractivity contribution in [3.8, 4) is 0 Å². The van der Waals surface area contributed by atoms with Gasteiger partial charge in [-0.3, -0.25) is 0 Å². The number of hydrogen-bond acceptors (Lipinski definition) is 3. The Bertz CT molecular complexity index is 315. The molecule has 0 aromatic rings. The van der Waals surface area contributed by atoms with Gasteiger partial charge in [0.1, 0.15) is 5.76 Å². The van der Waals surface area contributed by atoms with Crippen molar-refractivity contribution in [1.82, 2.24) is 0 Å². The molecule has 1 saturated heterocycles. The Balaban J connectivity index is 2.35. The maximum atomic E-state index is 5.25. The van der Waals surface area contributed by atoms with E-state index in [1.54, 1.807) is 7.11 Å². The molecule has 0 unspecified atom stereocenters. The molecule has 13 heavy (non-hydrogen) atoms. The number of allylic oxidation sites excluding steroid dienone is 3. The third kappa shape index (κ3) is 1.58. The monoisotopic (exact) mass is 244 g/mol. The second-order valence-electron chi connectivity index (χ2n) is 2.66. The van der Waals surface area contributed by atoms with Crippen molar-refractivity contribution in [1.29, 1.82) is 0 Å². The Kier molecular flexibility index (Phi) is 2.31. The zero-order chi connectivity index (χ0) is 9.26. The molecule has 1 aliphatic carbocycles. The molecule has 0 atom stereocenters. The lowest BCUT2D eigenvalue weighted by molar-refractivity contribution is 0.0972. The van der Waals surface area contributed by atoms with Gasteiger partial charge in [0.05, 0.1) is 11.6 Å². The second kappa shape index (κ2) is 3.46. The van der Waals surface area contributed by atoms with Crippen LogP contribution in [0.15, 0.2) is 33.9 Å². The lowest BCUT2D eigenvalue weighted by atomic mass is 10.3. The summed E-state index contributed by atoms with van der Waals surface area (Å²) >= 11 is 3.41. The lowest BCUT2D eigenvalue weighted by Gasteiger charge is -2.02. The van der Waals surface area contributed by atoms with E-state index in [9.17, 15) is 0 Å². The number of ether oxygens (including phenoxy) is 3. The van der Waals surface area contributed by atoms with E-state index in [2.05, 4.69) is 15.9 Å². The highest BCUT2D eigenvalue weighted by Gasteiger charge is 2.20. The number of halogens is 1. The van der Waals surface area contributed by atoms with E-state index >= 15 is 0 Å². The van der Waals surface area contributed by atoms with Crippen molar-refractivity contribution >= 4 is 15.9 Å². The molecule has 0 N–H and O–H groups in total. The largest absolute Gasteiger partial charge is 0.500 e. The molecule has 0 spiro atoms. The van der Waals surface area contributed by atoms with E-state index in [1.165, 1.54) is 0 Å². The van der Waals surface area contributed by atoms with Gasteiger partial charge < -0.3 is 14.2 Å². The highest BCUT2D eigenvalue weighted by molar-refractivity contribution is 9.11. The van der Waals surface area contributed by atoms with E-state index in [0.717, 1.165) is 28.2 Å². The van der Waals surface area contributed by atoms with Crippen LogP contribution in [0.4, 0.5) is 0 Å². The van der Waals surface area contributed by atoms with E-state index in [-0.39, 0.29) is 0 Å².